The second-order valence-electron chi connectivity index (χ2n) is 4.59. The highest BCUT2D eigenvalue weighted by Crippen LogP contribution is 2.06. The van der Waals surface area contributed by atoms with Crippen molar-refractivity contribution in [2.24, 2.45) is 0 Å². The van der Waals surface area contributed by atoms with Gasteiger partial charge in [0.25, 0.3) is 0 Å². The van der Waals surface area contributed by atoms with Gasteiger partial charge in [0, 0.05) is 19.0 Å². The molecule has 2 atom stereocenters. The lowest BCUT2D eigenvalue weighted by atomic mass is 10.1. The van der Waals surface area contributed by atoms with E-state index in [1.54, 1.807) is 13.2 Å². The maximum atomic E-state index is 11.2. The van der Waals surface area contributed by atoms with Crippen LogP contribution in [0.4, 0.5) is 0 Å². The predicted molar refractivity (Wildman–Crippen MR) is 71.8 cm³/mol. The molecule has 0 amide bonds. The molecule has 0 saturated carbocycles. The predicted octanol–water partition coefficient (Wildman–Crippen LogP) is 1.50. The smallest absolute Gasteiger partial charge is 0.308 e. The largest absolute Gasteiger partial charge is 0.469 e. The van der Waals surface area contributed by atoms with E-state index in [9.17, 15) is 9.90 Å². The molecule has 0 aliphatic rings. The number of aryl methyl sites for hydroxylation is 1. The van der Waals surface area contributed by atoms with E-state index in [1.165, 1.54) is 0 Å². The van der Waals surface area contributed by atoms with Gasteiger partial charge in [-0.25, -0.2) is 0 Å². The number of furan rings is 1. The van der Waals surface area contributed by atoms with E-state index in [0.717, 1.165) is 18.6 Å². The lowest BCUT2D eigenvalue weighted by molar-refractivity contribution is -0.145. The zero-order chi connectivity index (χ0) is 14.1. The highest BCUT2D eigenvalue weighted by Gasteiger charge is 2.12. The molecule has 0 radical (unpaired) electrons. The second kappa shape index (κ2) is 8.72. The standard InChI is InChI=1S/C14H23NO4/c1-3-18-14(17)9-12(16)10-15-11(2)6-7-13-5-4-8-19-13/h4-5,8,11-12,15-16H,3,6-7,9-10H2,1-2H3. The Morgan fingerprint density at radius 3 is 3.00 bits per heavy atom. The average Bonchev–Trinajstić information content (AvgIpc) is 2.87. The Morgan fingerprint density at radius 1 is 1.58 bits per heavy atom. The van der Waals surface area contributed by atoms with Crippen LogP contribution in [0.1, 0.15) is 32.4 Å². The van der Waals surface area contributed by atoms with Crippen LogP contribution in [0.15, 0.2) is 22.8 Å². The molecule has 0 saturated heterocycles. The molecule has 0 bridgehead atoms. The summed E-state index contributed by atoms with van der Waals surface area (Å²) < 4.78 is 10.0. The molecule has 5 heteroatoms. The van der Waals surface area contributed by atoms with Gasteiger partial charge >= 0.3 is 5.97 Å². The van der Waals surface area contributed by atoms with Crippen LogP contribution in [0.5, 0.6) is 0 Å². The number of carbonyl (C=O) groups is 1. The Bertz CT molecular complexity index is 350. The molecule has 0 aliphatic carbocycles. The van der Waals surface area contributed by atoms with Gasteiger partial charge in [0.05, 0.1) is 25.4 Å². The number of esters is 1. The number of nitrogens with one attached hydrogen (secondary N) is 1. The minimum Gasteiger partial charge on any atom is -0.469 e. The summed E-state index contributed by atoms with van der Waals surface area (Å²) in [7, 11) is 0. The molecule has 0 aromatic carbocycles. The summed E-state index contributed by atoms with van der Waals surface area (Å²) in [6.45, 7) is 4.52. The Balaban J connectivity index is 2.11. The topological polar surface area (TPSA) is 71.7 Å². The van der Waals surface area contributed by atoms with Crippen LogP contribution < -0.4 is 5.32 Å². The number of aliphatic hydroxyl groups excluding tert-OH is 1. The zero-order valence-corrected chi connectivity index (χ0v) is 11.6. The third-order valence-electron chi connectivity index (χ3n) is 2.81. The van der Waals surface area contributed by atoms with Gasteiger partial charge in [0.1, 0.15) is 5.76 Å². The van der Waals surface area contributed by atoms with Gasteiger partial charge in [0.15, 0.2) is 0 Å². The monoisotopic (exact) mass is 269 g/mol. The number of carbonyl (C=O) groups excluding carboxylic acids is 1. The molecule has 1 heterocycles. The maximum Gasteiger partial charge on any atom is 0.308 e. The molecule has 108 valence electrons. The summed E-state index contributed by atoms with van der Waals surface area (Å²) >= 11 is 0. The van der Waals surface area contributed by atoms with E-state index in [1.807, 2.05) is 19.1 Å². The third kappa shape index (κ3) is 6.98. The van der Waals surface area contributed by atoms with Gasteiger partial charge in [-0.15, -0.1) is 0 Å². The van der Waals surface area contributed by atoms with Crippen molar-refractivity contribution in [2.75, 3.05) is 13.2 Å². The first kappa shape index (κ1) is 15.7. The molecule has 1 aromatic rings. The van der Waals surface area contributed by atoms with E-state index >= 15 is 0 Å². The summed E-state index contributed by atoms with van der Waals surface area (Å²) in [6.07, 6.45) is 2.77. The molecular weight excluding hydrogens is 246 g/mol. The minimum absolute atomic E-state index is 0.0335. The Labute approximate surface area is 113 Å². The van der Waals surface area contributed by atoms with Crippen LogP contribution in [0.3, 0.4) is 0 Å². The van der Waals surface area contributed by atoms with Gasteiger partial charge in [-0.3, -0.25) is 4.79 Å². The van der Waals surface area contributed by atoms with E-state index in [-0.39, 0.29) is 18.4 Å². The fourth-order valence-corrected chi connectivity index (χ4v) is 1.74. The molecule has 2 unspecified atom stereocenters. The van der Waals surface area contributed by atoms with E-state index < -0.39 is 6.10 Å². The van der Waals surface area contributed by atoms with Crippen molar-refractivity contribution < 1.29 is 19.1 Å². The molecule has 5 nitrogen and oxygen atoms in total. The lowest BCUT2D eigenvalue weighted by Crippen LogP contribution is -2.35. The quantitative estimate of drug-likeness (QED) is 0.665. The van der Waals surface area contributed by atoms with Crippen molar-refractivity contribution in [1.82, 2.24) is 5.32 Å². The van der Waals surface area contributed by atoms with Gasteiger partial charge in [0.2, 0.25) is 0 Å². The normalized spacial score (nSPS) is 14.1. The van der Waals surface area contributed by atoms with Crippen molar-refractivity contribution >= 4 is 5.97 Å². The zero-order valence-electron chi connectivity index (χ0n) is 11.6. The molecule has 19 heavy (non-hydrogen) atoms. The molecule has 1 rings (SSSR count). The number of ether oxygens (including phenoxy) is 1. The molecule has 0 aliphatic heterocycles. The lowest BCUT2D eigenvalue weighted by Gasteiger charge is -2.16. The fraction of sp³-hybridized carbons (Fsp3) is 0.643. The maximum absolute atomic E-state index is 11.2. The summed E-state index contributed by atoms with van der Waals surface area (Å²) in [6, 6.07) is 4.07. The van der Waals surface area contributed by atoms with Crippen molar-refractivity contribution in [1.29, 1.82) is 0 Å². The fourth-order valence-electron chi connectivity index (χ4n) is 1.74. The third-order valence-corrected chi connectivity index (χ3v) is 2.81. The molecule has 1 aromatic heterocycles. The SMILES string of the molecule is CCOC(=O)CC(O)CNC(C)CCc1ccco1. The Hall–Kier alpha value is -1.33. The Kier molecular flexibility index (Phi) is 7.22. The number of hydrogen-bond donors (Lipinski definition) is 2. The van der Waals surface area contributed by atoms with Crippen molar-refractivity contribution in [2.45, 2.75) is 45.3 Å². The Morgan fingerprint density at radius 2 is 2.37 bits per heavy atom. The van der Waals surface area contributed by atoms with Crippen LogP contribution >= 0.6 is 0 Å². The van der Waals surface area contributed by atoms with Crippen LogP contribution in [0.2, 0.25) is 0 Å². The van der Waals surface area contributed by atoms with Crippen molar-refractivity contribution in [3.8, 4) is 0 Å². The van der Waals surface area contributed by atoms with Crippen LogP contribution in [0.25, 0.3) is 0 Å². The van der Waals surface area contributed by atoms with E-state index in [4.69, 9.17) is 9.15 Å². The van der Waals surface area contributed by atoms with Crippen LogP contribution in [-0.4, -0.2) is 36.4 Å². The van der Waals surface area contributed by atoms with Crippen LogP contribution in [0, 0.1) is 0 Å². The second-order valence-corrected chi connectivity index (χ2v) is 4.59. The summed E-state index contributed by atoms with van der Waals surface area (Å²) in [5, 5.41) is 12.9. The molecule has 0 spiro atoms. The first-order valence-electron chi connectivity index (χ1n) is 6.71. The van der Waals surface area contributed by atoms with Gasteiger partial charge < -0.3 is 19.6 Å². The highest BCUT2D eigenvalue weighted by molar-refractivity contribution is 5.69. The highest BCUT2D eigenvalue weighted by atomic mass is 16.5. The van der Waals surface area contributed by atoms with E-state index in [0.29, 0.717) is 13.2 Å². The van der Waals surface area contributed by atoms with Crippen LogP contribution in [-0.2, 0) is 16.0 Å². The number of aliphatic hydroxyl groups is 1. The average molecular weight is 269 g/mol. The summed E-state index contributed by atoms with van der Waals surface area (Å²) in [5.74, 6) is 0.598. The minimum atomic E-state index is -0.704. The first-order chi connectivity index (χ1) is 9.11. The number of hydrogen-bond acceptors (Lipinski definition) is 5. The molecular formula is C14H23NO4. The molecule has 2 N–H and O–H groups in total. The van der Waals surface area contributed by atoms with Crippen molar-refractivity contribution in [3.63, 3.8) is 0 Å². The van der Waals surface area contributed by atoms with Gasteiger partial charge in [-0.1, -0.05) is 0 Å². The summed E-state index contributed by atoms with van der Waals surface area (Å²) in [4.78, 5) is 11.2. The van der Waals surface area contributed by atoms with Gasteiger partial charge in [-0.05, 0) is 32.4 Å². The molecule has 0 fully saturated rings. The summed E-state index contributed by atoms with van der Waals surface area (Å²) in [5.41, 5.74) is 0. The number of rotatable bonds is 9. The van der Waals surface area contributed by atoms with E-state index in [2.05, 4.69) is 5.32 Å². The van der Waals surface area contributed by atoms with Gasteiger partial charge in [-0.2, -0.15) is 0 Å². The first-order valence-corrected chi connectivity index (χ1v) is 6.71. The van der Waals surface area contributed by atoms with Crippen molar-refractivity contribution in [3.05, 3.63) is 24.2 Å².